The summed E-state index contributed by atoms with van der Waals surface area (Å²) in [4.78, 5) is 34.9. The molecule has 0 amide bonds. The van der Waals surface area contributed by atoms with Crippen LogP contribution >= 0.6 is 11.6 Å². The van der Waals surface area contributed by atoms with E-state index in [1.165, 1.54) is 0 Å². The minimum atomic E-state index is -1.07. The largest absolute Gasteiger partial charge is 0.466 e. The molecule has 0 fully saturated rings. The zero-order valence-corrected chi connectivity index (χ0v) is 13.8. The van der Waals surface area contributed by atoms with E-state index in [0.717, 1.165) is 25.2 Å². The summed E-state index contributed by atoms with van der Waals surface area (Å²) in [6.07, 6.45) is 0. The topological polar surface area (TPSA) is 108 Å². The molecular weight excluding hydrogens is 363 g/mol. The van der Waals surface area contributed by atoms with Crippen molar-refractivity contribution in [2.45, 2.75) is 0 Å². The molecule has 0 bridgehead atoms. The van der Waals surface area contributed by atoms with Gasteiger partial charge >= 0.3 is 11.9 Å². The summed E-state index contributed by atoms with van der Waals surface area (Å²) >= 11 is 5.95. The predicted octanol–water partition coefficient (Wildman–Crippen LogP) is 1.78. The molecule has 0 radical (unpaired) electrons. The monoisotopic (exact) mass is 374 g/mol. The summed E-state index contributed by atoms with van der Waals surface area (Å²) in [7, 11) is 2.17. The van der Waals surface area contributed by atoms with Gasteiger partial charge in [-0.2, -0.15) is 0 Å². The smallest absolute Gasteiger partial charge is 0.355 e. The third-order valence-corrected chi connectivity index (χ3v) is 3.60. The summed E-state index contributed by atoms with van der Waals surface area (Å²) in [5, 5.41) is 10.4. The zero-order chi connectivity index (χ0) is 18.7. The molecule has 1 heterocycles. The van der Waals surface area contributed by atoms with Crippen molar-refractivity contribution in [2.24, 2.45) is 0 Å². The quantitative estimate of drug-likeness (QED) is 0.446. The highest BCUT2D eigenvalue weighted by molar-refractivity contribution is 6.33. The molecule has 0 unspecified atom stereocenters. The number of methoxy groups -OCH3 is 2. The fourth-order valence-electron chi connectivity index (χ4n) is 2.24. The van der Waals surface area contributed by atoms with Crippen LogP contribution in [-0.4, -0.2) is 44.4 Å². The van der Waals surface area contributed by atoms with Crippen LogP contribution in [0.5, 0.6) is 0 Å². The Balaban J connectivity index is 2.66. The van der Waals surface area contributed by atoms with Gasteiger partial charge in [-0.15, -0.1) is 0 Å². The van der Waals surface area contributed by atoms with Gasteiger partial charge in [-0.05, 0) is 0 Å². The highest BCUT2D eigenvalue weighted by Crippen LogP contribution is 2.37. The van der Waals surface area contributed by atoms with Gasteiger partial charge in [0.05, 0.1) is 48.1 Å². The third-order valence-electron chi connectivity index (χ3n) is 3.32. The fourth-order valence-corrected chi connectivity index (χ4v) is 2.54. The van der Waals surface area contributed by atoms with E-state index in [9.17, 15) is 24.1 Å². The Morgan fingerprint density at radius 1 is 1.32 bits per heavy atom. The van der Waals surface area contributed by atoms with Gasteiger partial charge in [0.2, 0.25) is 0 Å². The van der Waals surface area contributed by atoms with E-state index < -0.39 is 28.4 Å². The second-order valence-electron chi connectivity index (χ2n) is 4.73. The van der Waals surface area contributed by atoms with Crippen molar-refractivity contribution >= 4 is 34.9 Å². The van der Waals surface area contributed by atoms with Gasteiger partial charge in [0.25, 0.3) is 5.69 Å². The van der Waals surface area contributed by atoms with E-state index in [0.29, 0.717) is 6.07 Å². The average Bonchev–Trinajstić information content (AvgIpc) is 2.59. The van der Waals surface area contributed by atoms with Gasteiger partial charge in [0.15, 0.2) is 5.82 Å². The SMILES string of the molecule is COC(=O)C1=C(C(=O)OC)N(c2c(F)cc([N+](=O)[O-])cc2Cl)COC1. The predicted molar refractivity (Wildman–Crippen MR) is 82.4 cm³/mol. The van der Waals surface area contributed by atoms with E-state index in [4.69, 9.17) is 16.3 Å². The number of ether oxygens (including phenoxy) is 3. The molecule has 1 aliphatic heterocycles. The van der Waals surface area contributed by atoms with Gasteiger partial charge in [-0.25, -0.2) is 14.0 Å². The standard InChI is InChI=1S/C14H12ClFN2O7/c1-23-13(19)8-5-25-6-17(11(8)14(20)24-2)12-9(15)3-7(18(21)22)4-10(12)16/h3-4H,5-6H2,1-2H3. The molecule has 2 rings (SSSR count). The molecule has 0 saturated heterocycles. The number of nitro benzene ring substituents is 1. The van der Waals surface area contributed by atoms with E-state index in [1.807, 2.05) is 0 Å². The number of esters is 2. The second-order valence-corrected chi connectivity index (χ2v) is 5.14. The van der Waals surface area contributed by atoms with Crippen LogP contribution in [0, 0.1) is 15.9 Å². The third kappa shape index (κ3) is 3.54. The molecule has 0 spiro atoms. The Kier molecular flexibility index (Phi) is 5.55. The first-order valence-corrected chi connectivity index (χ1v) is 7.08. The van der Waals surface area contributed by atoms with Crippen molar-refractivity contribution in [1.82, 2.24) is 0 Å². The molecule has 1 aliphatic rings. The number of nitro groups is 1. The number of anilines is 1. The van der Waals surface area contributed by atoms with Crippen LogP contribution in [0.3, 0.4) is 0 Å². The van der Waals surface area contributed by atoms with E-state index in [-0.39, 0.29) is 35.3 Å². The number of nitrogens with zero attached hydrogens (tertiary/aromatic N) is 2. The van der Waals surface area contributed by atoms with E-state index in [1.54, 1.807) is 0 Å². The number of carbonyl (C=O) groups is 2. The number of rotatable bonds is 4. The van der Waals surface area contributed by atoms with Crippen molar-refractivity contribution in [2.75, 3.05) is 32.5 Å². The Labute approximate surface area is 145 Å². The lowest BCUT2D eigenvalue weighted by molar-refractivity contribution is -0.385. The molecule has 9 nitrogen and oxygen atoms in total. The Hall–Kier alpha value is -2.72. The van der Waals surface area contributed by atoms with Crippen LogP contribution in [0.2, 0.25) is 5.02 Å². The van der Waals surface area contributed by atoms with Gasteiger partial charge in [0.1, 0.15) is 12.4 Å². The molecule has 0 aromatic heterocycles. The summed E-state index contributed by atoms with van der Waals surface area (Å²) in [5.41, 5.74) is -1.46. The zero-order valence-electron chi connectivity index (χ0n) is 13.1. The van der Waals surface area contributed by atoms with Gasteiger partial charge in [-0.1, -0.05) is 11.6 Å². The Morgan fingerprint density at radius 3 is 2.48 bits per heavy atom. The summed E-state index contributed by atoms with van der Waals surface area (Å²) in [6, 6.07) is 1.56. The molecule has 25 heavy (non-hydrogen) atoms. The highest BCUT2D eigenvalue weighted by atomic mass is 35.5. The number of hydrogen-bond acceptors (Lipinski definition) is 8. The van der Waals surface area contributed by atoms with Crippen molar-refractivity contribution in [1.29, 1.82) is 0 Å². The first kappa shape index (κ1) is 18.6. The van der Waals surface area contributed by atoms with Crippen LogP contribution < -0.4 is 4.90 Å². The van der Waals surface area contributed by atoms with Gasteiger partial charge in [0, 0.05) is 6.07 Å². The maximum Gasteiger partial charge on any atom is 0.355 e. The lowest BCUT2D eigenvalue weighted by atomic mass is 10.1. The molecule has 134 valence electrons. The van der Waals surface area contributed by atoms with Crippen LogP contribution in [0.4, 0.5) is 15.8 Å². The minimum absolute atomic E-state index is 0.200. The van der Waals surface area contributed by atoms with Crippen LogP contribution in [-0.2, 0) is 23.8 Å². The maximum atomic E-state index is 14.4. The summed E-state index contributed by atoms with van der Waals surface area (Å²) < 4.78 is 28.8. The minimum Gasteiger partial charge on any atom is -0.466 e. The van der Waals surface area contributed by atoms with Crippen molar-refractivity contribution in [3.63, 3.8) is 0 Å². The van der Waals surface area contributed by atoms with E-state index in [2.05, 4.69) is 9.47 Å². The normalized spacial score (nSPS) is 14.3. The molecule has 0 aliphatic carbocycles. The number of halogens is 2. The highest BCUT2D eigenvalue weighted by Gasteiger charge is 2.35. The number of non-ortho nitro benzene ring substituents is 1. The lowest BCUT2D eigenvalue weighted by Gasteiger charge is -2.31. The second kappa shape index (κ2) is 7.45. The number of benzene rings is 1. The number of hydrogen-bond donors (Lipinski definition) is 0. The first-order chi connectivity index (χ1) is 11.8. The fraction of sp³-hybridized carbons (Fsp3) is 0.286. The van der Waals surface area contributed by atoms with Crippen LogP contribution in [0.1, 0.15) is 0 Å². The lowest BCUT2D eigenvalue weighted by Crippen LogP contribution is -2.39. The summed E-state index contributed by atoms with van der Waals surface area (Å²) in [6.45, 7) is -0.598. The molecule has 11 heteroatoms. The molecule has 0 atom stereocenters. The van der Waals surface area contributed by atoms with Crippen LogP contribution in [0.25, 0.3) is 0 Å². The molecule has 1 aromatic carbocycles. The van der Waals surface area contributed by atoms with Crippen molar-refractivity contribution in [3.05, 3.63) is 44.4 Å². The molecule has 0 N–H and O–H groups in total. The Bertz CT molecular complexity index is 757. The van der Waals surface area contributed by atoms with Crippen molar-refractivity contribution < 1.29 is 33.1 Å². The summed E-state index contributed by atoms with van der Waals surface area (Å²) in [5.74, 6) is -2.89. The molecular formula is C14H12ClFN2O7. The van der Waals surface area contributed by atoms with Crippen molar-refractivity contribution in [3.8, 4) is 0 Å². The van der Waals surface area contributed by atoms with E-state index >= 15 is 0 Å². The maximum absolute atomic E-state index is 14.4. The Morgan fingerprint density at radius 2 is 1.96 bits per heavy atom. The number of carbonyl (C=O) groups excluding carboxylic acids is 2. The van der Waals surface area contributed by atoms with Crippen LogP contribution in [0.15, 0.2) is 23.4 Å². The molecule has 0 saturated carbocycles. The molecule has 1 aromatic rings. The average molecular weight is 375 g/mol. The first-order valence-electron chi connectivity index (χ1n) is 6.70. The van der Waals surface area contributed by atoms with Gasteiger partial charge < -0.3 is 19.1 Å². The van der Waals surface area contributed by atoms with Gasteiger partial charge in [-0.3, -0.25) is 10.1 Å².